The number of furan rings is 1. The fourth-order valence-corrected chi connectivity index (χ4v) is 7.21. The van der Waals surface area contributed by atoms with Gasteiger partial charge in [-0.15, -0.1) is 0 Å². The number of allylic oxidation sites excluding steroid dienone is 1. The topological polar surface area (TPSA) is 47.5 Å². The highest BCUT2D eigenvalue weighted by Gasteiger charge is 2.32. The molecule has 0 N–H and O–H groups in total. The molecule has 2 aliphatic rings. The van der Waals surface area contributed by atoms with Gasteiger partial charge >= 0.3 is 0 Å². The predicted octanol–water partition coefficient (Wildman–Crippen LogP) is 6.83. The number of benzene rings is 3. The van der Waals surface area contributed by atoms with E-state index in [0.29, 0.717) is 10.3 Å². The molecule has 2 aromatic heterocycles. The Labute approximate surface area is 235 Å². The van der Waals surface area contributed by atoms with Crippen LogP contribution < -0.4 is 14.9 Å². The minimum atomic E-state index is -0.189. The van der Waals surface area contributed by atoms with Crippen molar-refractivity contribution in [1.29, 1.82) is 0 Å². The van der Waals surface area contributed by atoms with Crippen LogP contribution in [0.25, 0.3) is 11.8 Å². The van der Waals surface area contributed by atoms with E-state index in [1.165, 1.54) is 28.0 Å². The van der Waals surface area contributed by atoms with E-state index in [2.05, 4.69) is 52.3 Å². The van der Waals surface area contributed by atoms with Crippen LogP contribution in [0.1, 0.15) is 34.9 Å². The molecule has 4 nitrogen and oxygen atoms in total. The molecule has 0 amide bonds. The zero-order chi connectivity index (χ0) is 25.6. The molecular weight excluding hydrogens is 576 g/mol. The second-order valence-electron chi connectivity index (χ2n) is 9.24. The summed E-state index contributed by atoms with van der Waals surface area (Å²) in [6, 6.07) is 30.5. The maximum Gasteiger partial charge on any atom is 0.271 e. The molecule has 7 heteroatoms. The Morgan fingerprint density at radius 3 is 2.58 bits per heavy atom. The first kappa shape index (κ1) is 23.7. The standard InChI is InChI=1S/C31H21BrN2O2S2/c32-21-13-10-20(11-14-21)29-25-16-12-19-6-4-5-9-24(19)28(25)33-31-34(29)30(35)26(38-31)18-22-15-17-27(36-22)37-23-7-2-1-3-8-23/h1-11,13-15,17-18,29H,12,16H2/b26-18-/t29-/m1/s1. The molecule has 0 bridgehead atoms. The first-order valence-corrected chi connectivity index (χ1v) is 14.8. The van der Waals surface area contributed by atoms with Gasteiger partial charge in [-0.05, 0) is 65.9 Å². The van der Waals surface area contributed by atoms with Crippen LogP contribution in [0.2, 0.25) is 0 Å². The van der Waals surface area contributed by atoms with Crippen molar-refractivity contribution in [2.24, 2.45) is 4.99 Å². The van der Waals surface area contributed by atoms with Gasteiger partial charge < -0.3 is 4.42 Å². The maximum absolute atomic E-state index is 13.9. The van der Waals surface area contributed by atoms with E-state index in [9.17, 15) is 4.79 Å². The summed E-state index contributed by atoms with van der Waals surface area (Å²) in [6.07, 6.45) is 3.66. The van der Waals surface area contributed by atoms with Crippen LogP contribution in [-0.2, 0) is 6.42 Å². The summed E-state index contributed by atoms with van der Waals surface area (Å²) in [5, 5.41) is 0.787. The van der Waals surface area contributed by atoms with Gasteiger partial charge in [-0.1, -0.05) is 93.6 Å². The van der Waals surface area contributed by atoms with Crippen molar-refractivity contribution in [1.82, 2.24) is 4.57 Å². The summed E-state index contributed by atoms with van der Waals surface area (Å²) in [5.41, 5.74) is 5.73. The molecule has 186 valence electrons. The van der Waals surface area contributed by atoms with Gasteiger partial charge in [-0.3, -0.25) is 9.36 Å². The minimum absolute atomic E-state index is 0.0410. The zero-order valence-corrected chi connectivity index (χ0v) is 23.4. The number of halogens is 1. The van der Waals surface area contributed by atoms with Crippen molar-refractivity contribution in [3.8, 4) is 0 Å². The Kier molecular flexibility index (Phi) is 6.07. The largest absolute Gasteiger partial charge is 0.450 e. The Balaban J connectivity index is 1.36. The first-order valence-electron chi connectivity index (χ1n) is 12.4. The number of rotatable bonds is 4. The van der Waals surface area contributed by atoms with Crippen molar-refractivity contribution in [2.45, 2.75) is 28.9 Å². The van der Waals surface area contributed by atoms with Crippen molar-refractivity contribution in [3.05, 3.63) is 143 Å². The average molecular weight is 598 g/mol. The Bertz CT molecular complexity index is 1880. The molecule has 0 unspecified atom stereocenters. The SMILES string of the molecule is O=c1/c(=C/c2ccc(Sc3ccccc3)o2)sc2n1[C@H](c1ccc(Br)cc1)C1=C(N=2)c2ccccc2CC1. The van der Waals surface area contributed by atoms with E-state index < -0.39 is 0 Å². The van der Waals surface area contributed by atoms with Crippen LogP contribution in [0.15, 0.2) is 125 Å². The van der Waals surface area contributed by atoms with Gasteiger partial charge in [0.25, 0.3) is 5.56 Å². The summed E-state index contributed by atoms with van der Waals surface area (Å²) in [5.74, 6) is 0.656. The lowest BCUT2D eigenvalue weighted by atomic mass is 9.83. The van der Waals surface area contributed by atoms with Crippen molar-refractivity contribution in [3.63, 3.8) is 0 Å². The van der Waals surface area contributed by atoms with Gasteiger partial charge in [0, 0.05) is 21.0 Å². The normalized spacial score (nSPS) is 16.6. The molecule has 0 saturated carbocycles. The highest BCUT2D eigenvalue weighted by atomic mass is 79.9. The minimum Gasteiger partial charge on any atom is -0.450 e. The molecule has 0 radical (unpaired) electrons. The van der Waals surface area contributed by atoms with Crippen LogP contribution in [0.3, 0.4) is 0 Å². The van der Waals surface area contributed by atoms with Crippen molar-refractivity contribution in [2.75, 3.05) is 0 Å². The van der Waals surface area contributed by atoms with Crippen LogP contribution in [0.4, 0.5) is 0 Å². The van der Waals surface area contributed by atoms with Crippen molar-refractivity contribution >= 4 is 50.8 Å². The number of nitrogens with zero attached hydrogens (tertiary/aromatic N) is 2. The first-order chi connectivity index (χ1) is 18.6. The Morgan fingerprint density at radius 1 is 0.947 bits per heavy atom. The summed E-state index contributed by atoms with van der Waals surface area (Å²) in [7, 11) is 0. The molecule has 1 atom stereocenters. The monoisotopic (exact) mass is 596 g/mol. The van der Waals surface area contributed by atoms with Gasteiger partial charge in [0.05, 0.1) is 16.3 Å². The molecule has 3 aromatic carbocycles. The number of thiazole rings is 1. The van der Waals surface area contributed by atoms with E-state index >= 15 is 0 Å². The lowest BCUT2D eigenvalue weighted by molar-refractivity contribution is 0.466. The number of aryl methyl sites for hydroxylation is 1. The van der Waals surface area contributed by atoms with E-state index in [-0.39, 0.29) is 11.6 Å². The number of aromatic nitrogens is 1. The molecule has 0 fully saturated rings. The number of hydrogen-bond donors (Lipinski definition) is 0. The molecule has 0 spiro atoms. The van der Waals surface area contributed by atoms with E-state index in [4.69, 9.17) is 9.41 Å². The van der Waals surface area contributed by atoms with Gasteiger partial charge in [-0.2, -0.15) is 0 Å². The molecular formula is C31H21BrN2O2S2. The maximum atomic E-state index is 13.9. The molecule has 38 heavy (non-hydrogen) atoms. The predicted molar refractivity (Wildman–Crippen MR) is 156 cm³/mol. The third-order valence-corrected chi connectivity index (χ3v) is 9.34. The van der Waals surface area contributed by atoms with Crippen LogP contribution >= 0.6 is 39.0 Å². The molecule has 7 rings (SSSR count). The van der Waals surface area contributed by atoms with Gasteiger partial charge in [0.15, 0.2) is 9.89 Å². The summed E-state index contributed by atoms with van der Waals surface area (Å²) < 4.78 is 9.56. The molecule has 1 aliphatic heterocycles. The fraction of sp³-hybridized carbons (Fsp3) is 0.0968. The summed E-state index contributed by atoms with van der Waals surface area (Å²) in [6.45, 7) is 0. The fourth-order valence-electron chi connectivity index (χ4n) is 5.17. The Hall–Kier alpha value is -3.39. The average Bonchev–Trinajstić information content (AvgIpc) is 3.52. The van der Waals surface area contributed by atoms with Gasteiger partial charge in [0.2, 0.25) is 0 Å². The number of hydrogen-bond acceptors (Lipinski definition) is 5. The molecule has 1 aliphatic carbocycles. The number of fused-ring (bicyclic) bond motifs is 3. The highest BCUT2D eigenvalue weighted by molar-refractivity contribution is 9.10. The van der Waals surface area contributed by atoms with Gasteiger partial charge in [-0.25, -0.2) is 4.99 Å². The summed E-state index contributed by atoms with van der Waals surface area (Å²) in [4.78, 5) is 20.8. The molecule has 5 aromatic rings. The quantitative estimate of drug-likeness (QED) is 0.228. The lowest BCUT2D eigenvalue weighted by Gasteiger charge is -2.30. The van der Waals surface area contributed by atoms with Crippen LogP contribution in [0.5, 0.6) is 0 Å². The second-order valence-corrected chi connectivity index (χ2v) is 12.2. The van der Waals surface area contributed by atoms with E-state index in [1.807, 2.05) is 65.2 Å². The summed E-state index contributed by atoms with van der Waals surface area (Å²) >= 11 is 6.54. The zero-order valence-electron chi connectivity index (χ0n) is 20.1. The third-order valence-electron chi connectivity index (χ3n) is 6.90. The van der Waals surface area contributed by atoms with E-state index in [0.717, 1.165) is 43.4 Å². The molecule has 0 saturated heterocycles. The van der Waals surface area contributed by atoms with Crippen LogP contribution in [0, 0.1) is 0 Å². The third kappa shape index (κ3) is 4.25. The van der Waals surface area contributed by atoms with E-state index in [1.54, 1.807) is 11.8 Å². The Morgan fingerprint density at radius 2 is 1.74 bits per heavy atom. The second kappa shape index (κ2) is 9.73. The lowest BCUT2D eigenvalue weighted by Crippen LogP contribution is -2.38. The highest BCUT2D eigenvalue weighted by Crippen LogP contribution is 2.41. The smallest absolute Gasteiger partial charge is 0.271 e. The molecule has 3 heterocycles. The van der Waals surface area contributed by atoms with Gasteiger partial charge in [0.1, 0.15) is 5.76 Å². The van der Waals surface area contributed by atoms with Crippen molar-refractivity contribution < 1.29 is 4.42 Å². The van der Waals surface area contributed by atoms with Crippen LogP contribution in [-0.4, -0.2) is 4.57 Å².